The maximum Gasteiger partial charge on any atom is 0.332 e. The highest BCUT2D eigenvalue weighted by atomic mass is 28.4. The van der Waals surface area contributed by atoms with Gasteiger partial charge in [-0.05, 0) is 18.1 Å². The topological polar surface area (TPSA) is 55.8 Å². The lowest BCUT2D eigenvalue weighted by molar-refractivity contribution is -0.149. The fourth-order valence-electron chi connectivity index (χ4n) is 0.980. The maximum atomic E-state index is 10.7. The lowest BCUT2D eigenvalue weighted by Gasteiger charge is -2.36. The van der Waals surface area contributed by atoms with Gasteiger partial charge in [0.05, 0.1) is 0 Å². The number of hydrogen-bond acceptors (Lipinski definition) is 3. The van der Waals surface area contributed by atoms with Crippen molar-refractivity contribution in [1.82, 2.24) is 0 Å². The second-order valence-corrected chi connectivity index (χ2v) is 10.3. The van der Waals surface area contributed by atoms with Crippen LogP contribution in [0.3, 0.4) is 0 Å². The molecule has 1 N–H and O–H groups in total. The Morgan fingerprint density at radius 3 is 2.19 bits per heavy atom. The molecule has 0 aromatic rings. The second-order valence-electron chi connectivity index (χ2n) is 5.46. The molecule has 0 rings (SSSR count). The van der Waals surface area contributed by atoms with Crippen LogP contribution in [0, 0.1) is 0 Å². The Bertz CT molecular complexity index is 233. The molecule has 0 heterocycles. The summed E-state index contributed by atoms with van der Waals surface area (Å²) in [6, 6.07) is 0. The molecule has 0 unspecified atom stereocenters. The van der Waals surface area contributed by atoms with Gasteiger partial charge in [-0.1, -0.05) is 20.8 Å². The predicted molar refractivity (Wildman–Crippen MR) is 66.2 cm³/mol. The van der Waals surface area contributed by atoms with E-state index in [-0.39, 0.29) is 5.04 Å². The molecule has 0 aliphatic heterocycles. The van der Waals surface area contributed by atoms with Gasteiger partial charge in [-0.2, -0.15) is 0 Å². The van der Waals surface area contributed by atoms with E-state index >= 15 is 0 Å². The minimum absolute atomic E-state index is 0.152. The third-order valence-corrected chi connectivity index (χ3v) is 7.75. The van der Waals surface area contributed by atoms with Crippen molar-refractivity contribution in [3.8, 4) is 0 Å². The van der Waals surface area contributed by atoms with Crippen LogP contribution in [0.25, 0.3) is 0 Å². The standard InChI is InChI=1S/C11H24O4Si/c1-11(2,3)16(5,6)15-8-7-9(14-4)10(12)13/h9H,7-8H2,1-6H3,(H,12,13)/t9-/m1/s1. The van der Waals surface area contributed by atoms with Crippen molar-refractivity contribution < 1.29 is 19.1 Å². The van der Waals surface area contributed by atoms with Crippen molar-refractivity contribution in [2.45, 2.75) is 51.4 Å². The first-order valence-corrected chi connectivity index (χ1v) is 8.42. The largest absolute Gasteiger partial charge is 0.479 e. The highest BCUT2D eigenvalue weighted by Crippen LogP contribution is 2.36. The van der Waals surface area contributed by atoms with Crippen molar-refractivity contribution in [3.05, 3.63) is 0 Å². The van der Waals surface area contributed by atoms with Crippen LogP contribution in [0.4, 0.5) is 0 Å². The average molecular weight is 248 g/mol. The SMILES string of the molecule is CO[C@H](CCO[Si](C)(C)C(C)(C)C)C(=O)O. The first-order chi connectivity index (χ1) is 7.12. The Kier molecular flexibility index (Phi) is 5.65. The number of ether oxygens (including phenoxy) is 1. The van der Waals surface area contributed by atoms with Crippen molar-refractivity contribution >= 4 is 14.3 Å². The molecule has 0 aliphatic carbocycles. The highest BCUT2D eigenvalue weighted by Gasteiger charge is 2.37. The Labute approximate surface area is 99.1 Å². The van der Waals surface area contributed by atoms with E-state index in [1.807, 2.05) is 0 Å². The van der Waals surface area contributed by atoms with Crippen LogP contribution >= 0.6 is 0 Å². The fraction of sp³-hybridized carbons (Fsp3) is 0.909. The Morgan fingerprint density at radius 1 is 1.38 bits per heavy atom. The smallest absolute Gasteiger partial charge is 0.332 e. The van der Waals surface area contributed by atoms with E-state index in [2.05, 4.69) is 33.9 Å². The molecule has 0 radical (unpaired) electrons. The minimum atomic E-state index is -1.77. The number of carbonyl (C=O) groups is 1. The predicted octanol–water partition coefficient (Wildman–Crippen LogP) is 2.50. The lowest BCUT2D eigenvalue weighted by Crippen LogP contribution is -2.41. The van der Waals surface area contributed by atoms with Gasteiger partial charge in [0.15, 0.2) is 14.4 Å². The van der Waals surface area contributed by atoms with Crippen LogP contribution in [0.5, 0.6) is 0 Å². The molecule has 0 saturated heterocycles. The summed E-state index contributed by atoms with van der Waals surface area (Å²) in [7, 11) is -0.360. The third kappa shape index (κ3) is 4.63. The summed E-state index contributed by atoms with van der Waals surface area (Å²) in [6.07, 6.45) is -0.358. The molecule has 0 aromatic carbocycles. The first kappa shape index (κ1) is 15.6. The zero-order valence-corrected chi connectivity index (χ0v) is 12.2. The van der Waals surface area contributed by atoms with Crippen molar-refractivity contribution in [3.63, 3.8) is 0 Å². The lowest BCUT2D eigenvalue weighted by atomic mass is 10.2. The van der Waals surface area contributed by atoms with Gasteiger partial charge in [-0.3, -0.25) is 0 Å². The summed E-state index contributed by atoms with van der Waals surface area (Å²) in [6.45, 7) is 11.2. The fourth-order valence-corrected chi connectivity index (χ4v) is 2.04. The maximum absolute atomic E-state index is 10.7. The van der Waals surface area contributed by atoms with E-state index in [4.69, 9.17) is 14.3 Å². The molecule has 0 saturated carbocycles. The number of rotatable bonds is 6. The Morgan fingerprint density at radius 2 is 1.88 bits per heavy atom. The number of hydrogen-bond donors (Lipinski definition) is 1. The molecule has 0 amide bonds. The molecule has 5 heteroatoms. The zero-order chi connectivity index (χ0) is 13.0. The van der Waals surface area contributed by atoms with E-state index in [0.717, 1.165) is 0 Å². The molecule has 16 heavy (non-hydrogen) atoms. The molecule has 0 aliphatic rings. The molecule has 0 aromatic heterocycles. The van der Waals surface area contributed by atoms with Gasteiger partial charge in [0.1, 0.15) is 0 Å². The number of carboxylic acid groups (broad SMARTS) is 1. The molecular formula is C11H24O4Si. The van der Waals surface area contributed by atoms with Gasteiger partial charge in [0, 0.05) is 20.1 Å². The molecular weight excluding hydrogens is 224 g/mol. The van der Waals surface area contributed by atoms with Crippen molar-refractivity contribution in [2.75, 3.05) is 13.7 Å². The van der Waals surface area contributed by atoms with Crippen LogP contribution in [0.2, 0.25) is 18.1 Å². The van der Waals surface area contributed by atoms with Gasteiger partial charge in [-0.25, -0.2) is 4.79 Å². The summed E-state index contributed by atoms with van der Waals surface area (Å²) in [5.74, 6) is -0.929. The zero-order valence-electron chi connectivity index (χ0n) is 11.2. The Hall–Kier alpha value is -0.393. The summed E-state index contributed by atoms with van der Waals surface area (Å²) in [5.41, 5.74) is 0. The summed E-state index contributed by atoms with van der Waals surface area (Å²) in [4.78, 5) is 10.7. The average Bonchev–Trinajstić information content (AvgIpc) is 2.09. The van der Waals surface area contributed by atoms with E-state index in [1.54, 1.807) is 0 Å². The van der Waals surface area contributed by atoms with Crippen molar-refractivity contribution in [2.24, 2.45) is 0 Å². The quantitative estimate of drug-likeness (QED) is 0.734. The molecule has 0 spiro atoms. The van der Waals surface area contributed by atoms with Gasteiger partial charge >= 0.3 is 5.97 Å². The number of methoxy groups -OCH3 is 1. The van der Waals surface area contributed by atoms with Gasteiger partial charge in [0.25, 0.3) is 0 Å². The monoisotopic (exact) mass is 248 g/mol. The number of aliphatic carboxylic acids is 1. The van der Waals surface area contributed by atoms with Gasteiger partial charge < -0.3 is 14.3 Å². The van der Waals surface area contributed by atoms with E-state index in [9.17, 15) is 4.79 Å². The first-order valence-electron chi connectivity index (χ1n) is 5.51. The minimum Gasteiger partial charge on any atom is -0.479 e. The van der Waals surface area contributed by atoms with Crippen LogP contribution in [0.1, 0.15) is 27.2 Å². The van der Waals surface area contributed by atoms with Crippen LogP contribution in [-0.4, -0.2) is 39.2 Å². The molecule has 0 bridgehead atoms. The third-order valence-electron chi connectivity index (χ3n) is 3.21. The van der Waals surface area contributed by atoms with E-state index < -0.39 is 20.4 Å². The van der Waals surface area contributed by atoms with Gasteiger partial charge in [-0.15, -0.1) is 0 Å². The molecule has 0 fully saturated rings. The van der Waals surface area contributed by atoms with E-state index in [1.165, 1.54) is 7.11 Å². The molecule has 4 nitrogen and oxygen atoms in total. The van der Waals surface area contributed by atoms with E-state index in [0.29, 0.717) is 13.0 Å². The normalized spacial score (nSPS) is 14.9. The summed E-state index contributed by atoms with van der Waals surface area (Å²) >= 11 is 0. The van der Waals surface area contributed by atoms with Gasteiger partial charge in [0.2, 0.25) is 0 Å². The van der Waals surface area contributed by atoms with Crippen molar-refractivity contribution in [1.29, 1.82) is 0 Å². The molecule has 1 atom stereocenters. The summed E-state index contributed by atoms with van der Waals surface area (Å²) in [5, 5.41) is 8.94. The Balaban J connectivity index is 4.12. The highest BCUT2D eigenvalue weighted by molar-refractivity contribution is 6.74. The second kappa shape index (κ2) is 5.79. The molecule has 96 valence electrons. The van der Waals surface area contributed by atoms with Crippen LogP contribution in [-0.2, 0) is 14.0 Å². The van der Waals surface area contributed by atoms with Crippen LogP contribution in [0.15, 0.2) is 0 Å². The summed E-state index contributed by atoms with van der Waals surface area (Å²) < 4.78 is 10.7. The van der Waals surface area contributed by atoms with Crippen LogP contribution < -0.4 is 0 Å². The number of carboxylic acids is 1.